The van der Waals surface area contributed by atoms with Crippen molar-refractivity contribution < 1.29 is 30.0 Å². The van der Waals surface area contributed by atoms with E-state index in [-0.39, 0.29) is 43.5 Å². The number of hydrogen-bond acceptors (Lipinski definition) is 5. The normalized spacial score (nSPS) is 12.5. The third kappa shape index (κ3) is 11.9. The molecule has 2 aromatic carbocycles. The number of rotatable bonds is 16. The molecule has 0 saturated carbocycles. The predicted molar refractivity (Wildman–Crippen MR) is 231 cm³/mol. The molecule has 1 radical (unpaired) electrons. The molecule has 0 atom stereocenters. The molecule has 0 amide bonds. The summed E-state index contributed by atoms with van der Waals surface area (Å²) in [7, 11) is -1.75. The summed E-state index contributed by atoms with van der Waals surface area (Å²) in [5.41, 5.74) is 7.36. The van der Waals surface area contributed by atoms with Crippen LogP contribution < -0.4 is 4.50 Å². The number of carbonyl (C=O) groups is 1. The number of aryl methyl sites for hydroxylation is 2. The van der Waals surface area contributed by atoms with E-state index in [1.54, 1.807) is 10.8 Å². The first kappa shape index (κ1) is 47.0. The van der Waals surface area contributed by atoms with Gasteiger partial charge in [0.05, 0.1) is 11.3 Å². The predicted octanol–water partition coefficient (Wildman–Crippen LogP) is 13.5. The molecule has 0 fully saturated rings. The molecular formula is C46H69IrN2O2SSi-. The molecule has 295 valence electrons. The van der Waals surface area contributed by atoms with Crippen molar-refractivity contribution in [2.75, 3.05) is 0 Å². The third-order valence-electron chi connectivity index (χ3n) is 10.6. The number of nitrogens with zero attached hydrogens (tertiary/aromatic N) is 2. The molecule has 2 heterocycles. The van der Waals surface area contributed by atoms with Crippen LogP contribution in [0, 0.1) is 49.5 Å². The van der Waals surface area contributed by atoms with Crippen molar-refractivity contribution in [2.24, 2.45) is 29.6 Å². The molecule has 0 bridgehead atoms. The molecule has 0 aliphatic rings. The molecule has 4 aromatic rings. The summed E-state index contributed by atoms with van der Waals surface area (Å²) in [6.07, 6.45) is 6.69. The van der Waals surface area contributed by atoms with Crippen LogP contribution in [0.2, 0.25) is 18.1 Å². The standard InChI is InChI=1S/C33H45N2SSi.C13H24O2.Ir/c1-20(2)16-37(17-21(3)4,18-22(5)6)33-25(10)30-32(36-33)31(35-19-34-30)27-14-26-13-24(9)11-12-28(26)29(15-27)23(7)8;1-5-10(6-2)12(14)9-13(15)11(7-3)8-4;/h11-13,15,19-23H,16-18H2,1-10H3;9-11,14H,5-8H2,1-4H3;/q-1;;/b;12-9-;. The van der Waals surface area contributed by atoms with Crippen LogP contribution in [0.15, 0.2) is 42.4 Å². The molecule has 0 aliphatic carbocycles. The molecule has 0 saturated heterocycles. The molecular weight excluding hydrogens is 865 g/mol. The quantitative estimate of drug-likeness (QED) is 0.0526. The SMILES string of the molecule is CCC(CC)C(=O)/C=C(\O)C(CC)CC.Cc1ccc2c(C(C)C)cc(-c3ncnc4c(C)c([Si](CC(C)C)(CC(C)C)CC(C)C)sc34)[c-]c2c1.[Ir]. The summed E-state index contributed by atoms with van der Waals surface area (Å²) >= 11 is 2.02. The summed E-state index contributed by atoms with van der Waals surface area (Å²) in [5, 5.41) is 12.2. The number of fused-ring (bicyclic) bond motifs is 2. The second-order valence-electron chi connectivity index (χ2n) is 16.9. The Bertz CT molecular complexity index is 1770. The van der Waals surface area contributed by atoms with Gasteiger partial charge in [0.15, 0.2) is 5.78 Å². The number of aromatic nitrogens is 2. The Morgan fingerprint density at radius 3 is 1.87 bits per heavy atom. The molecule has 1 N–H and O–H groups in total. The van der Waals surface area contributed by atoms with Crippen molar-refractivity contribution in [2.45, 2.75) is 147 Å². The number of aliphatic hydroxyl groups is 1. The van der Waals surface area contributed by atoms with Crippen LogP contribution in [0.5, 0.6) is 0 Å². The van der Waals surface area contributed by atoms with E-state index < -0.39 is 8.07 Å². The van der Waals surface area contributed by atoms with E-state index in [0.29, 0.717) is 23.7 Å². The van der Waals surface area contributed by atoms with E-state index in [9.17, 15) is 9.90 Å². The van der Waals surface area contributed by atoms with Crippen LogP contribution in [0.3, 0.4) is 0 Å². The Labute approximate surface area is 341 Å². The fourth-order valence-electron chi connectivity index (χ4n) is 8.41. The molecule has 4 nitrogen and oxygen atoms in total. The van der Waals surface area contributed by atoms with Crippen molar-refractivity contribution in [3.8, 4) is 11.3 Å². The van der Waals surface area contributed by atoms with Crippen LogP contribution in [0.1, 0.15) is 131 Å². The number of thiophene rings is 1. The molecule has 0 spiro atoms. The molecule has 0 unspecified atom stereocenters. The Balaban J connectivity index is 0.000000516. The number of carbonyl (C=O) groups excluding carboxylic acids is 1. The molecule has 4 rings (SSSR count). The fourth-order valence-corrected chi connectivity index (χ4v) is 18.0. The minimum atomic E-state index is -1.75. The fraction of sp³-hybridized carbons (Fsp3) is 0.587. The van der Waals surface area contributed by atoms with Gasteiger partial charge in [-0.05, 0) is 73.3 Å². The number of hydrogen-bond donors (Lipinski definition) is 1. The van der Waals surface area contributed by atoms with Gasteiger partial charge in [-0.3, -0.25) is 9.78 Å². The first-order valence-electron chi connectivity index (χ1n) is 20.2. The van der Waals surface area contributed by atoms with Gasteiger partial charge in [0.25, 0.3) is 0 Å². The summed E-state index contributed by atoms with van der Waals surface area (Å²) in [4.78, 5) is 21.5. The van der Waals surface area contributed by atoms with Crippen molar-refractivity contribution in [1.29, 1.82) is 0 Å². The molecule has 7 heteroatoms. The first-order valence-corrected chi connectivity index (χ1v) is 23.6. The van der Waals surface area contributed by atoms with Gasteiger partial charge in [0.2, 0.25) is 0 Å². The number of aliphatic hydroxyl groups excluding tert-OH is 1. The minimum absolute atomic E-state index is 0. The van der Waals surface area contributed by atoms with Gasteiger partial charge in [-0.1, -0.05) is 130 Å². The van der Waals surface area contributed by atoms with Crippen LogP contribution in [-0.2, 0) is 24.9 Å². The number of benzene rings is 2. The third-order valence-corrected chi connectivity index (χ3v) is 19.4. The van der Waals surface area contributed by atoms with E-state index >= 15 is 0 Å². The second kappa shape index (κ2) is 21.2. The van der Waals surface area contributed by atoms with Crippen LogP contribution >= 0.6 is 11.3 Å². The summed E-state index contributed by atoms with van der Waals surface area (Å²) < 4.78 is 2.92. The van der Waals surface area contributed by atoms with E-state index in [2.05, 4.69) is 99.6 Å². The van der Waals surface area contributed by atoms with Gasteiger partial charge >= 0.3 is 0 Å². The Morgan fingerprint density at radius 1 is 0.830 bits per heavy atom. The van der Waals surface area contributed by atoms with Crippen LogP contribution in [0.4, 0.5) is 0 Å². The minimum Gasteiger partial charge on any atom is -0.512 e. The smallest absolute Gasteiger partial charge is 0.162 e. The zero-order chi connectivity index (χ0) is 38.9. The van der Waals surface area contributed by atoms with E-state index in [1.165, 1.54) is 56.4 Å². The van der Waals surface area contributed by atoms with Crippen molar-refractivity contribution in [1.82, 2.24) is 9.97 Å². The van der Waals surface area contributed by atoms with Crippen molar-refractivity contribution in [3.63, 3.8) is 0 Å². The van der Waals surface area contributed by atoms with Gasteiger partial charge in [0, 0.05) is 48.4 Å². The van der Waals surface area contributed by atoms with Crippen molar-refractivity contribution >= 4 is 50.7 Å². The van der Waals surface area contributed by atoms with Crippen molar-refractivity contribution in [3.05, 3.63) is 65.2 Å². The molecule has 53 heavy (non-hydrogen) atoms. The van der Waals surface area contributed by atoms with Gasteiger partial charge in [-0.25, -0.2) is 4.98 Å². The van der Waals surface area contributed by atoms with Gasteiger partial charge in [-0.15, -0.1) is 40.5 Å². The second-order valence-corrected chi connectivity index (χ2v) is 22.5. The van der Waals surface area contributed by atoms with Gasteiger partial charge < -0.3 is 5.11 Å². The summed E-state index contributed by atoms with van der Waals surface area (Å²) in [5.74, 6) is 3.07. The maximum Gasteiger partial charge on any atom is 0.162 e. The zero-order valence-electron chi connectivity index (χ0n) is 35.4. The largest absolute Gasteiger partial charge is 0.512 e. The monoisotopic (exact) mass is 934 g/mol. The van der Waals surface area contributed by atoms with Crippen LogP contribution in [0.25, 0.3) is 32.2 Å². The van der Waals surface area contributed by atoms with E-state index in [0.717, 1.165) is 42.5 Å². The Kier molecular flexibility index (Phi) is 18.8. The number of allylic oxidation sites excluding steroid dienone is 2. The maximum atomic E-state index is 11.7. The van der Waals surface area contributed by atoms with Gasteiger partial charge in [0.1, 0.15) is 14.4 Å². The van der Waals surface area contributed by atoms with Crippen LogP contribution in [-0.4, -0.2) is 28.9 Å². The summed E-state index contributed by atoms with van der Waals surface area (Å²) in [6.45, 7) is 31.6. The molecule has 0 aliphatic heterocycles. The van der Waals surface area contributed by atoms with Gasteiger partial charge in [-0.2, -0.15) is 0 Å². The Hall–Kier alpha value is -2.18. The van der Waals surface area contributed by atoms with E-state index in [4.69, 9.17) is 9.97 Å². The topological polar surface area (TPSA) is 63.1 Å². The number of ketones is 1. The molecule has 2 aromatic heterocycles. The van der Waals surface area contributed by atoms with E-state index in [1.807, 2.05) is 39.0 Å². The first-order chi connectivity index (χ1) is 24.5. The average Bonchev–Trinajstić information content (AvgIpc) is 3.41. The maximum absolute atomic E-state index is 11.7. The Morgan fingerprint density at radius 2 is 1.38 bits per heavy atom. The summed E-state index contributed by atoms with van der Waals surface area (Å²) in [6, 6.07) is 16.9. The zero-order valence-corrected chi connectivity index (χ0v) is 39.6. The average molecular weight is 934 g/mol.